The number of hydrogen-bond donors (Lipinski definition) is 0. The number of amides is 2. The average Bonchev–Trinajstić information content (AvgIpc) is 3.26. The molecule has 0 aromatic heterocycles. The van der Waals surface area contributed by atoms with Crippen LogP contribution in [0.4, 0.5) is 11.4 Å². The number of aryl methyl sites for hydroxylation is 1. The highest BCUT2D eigenvalue weighted by Gasteiger charge is 2.60. The Morgan fingerprint density at radius 3 is 2.20 bits per heavy atom. The van der Waals surface area contributed by atoms with Crippen molar-refractivity contribution in [2.75, 3.05) is 9.96 Å². The van der Waals surface area contributed by atoms with Crippen LogP contribution in [0.5, 0.6) is 0 Å². The molecule has 3 atom stereocenters. The first-order valence-electron chi connectivity index (χ1n) is 9.76. The second-order valence-corrected chi connectivity index (χ2v) is 8.39. The van der Waals surface area contributed by atoms with E-state index in [1.807, 2.05) is 79.7 Å². The van der Waals surface area contributed by atoms with E-state index in [0.29, 0.717) is 10.2 Å². The molecule has 0 spiro atoms. The van der Waals surface area contributed by atoms with E-state index in [1.165, 1.54) is 4.90 Å². The normalized spacial score (nSPS) is 23.2. The first-order valence-corrected chi connectivity index (χ1v) is 10.6. The first-order chi connectivity index (χ1) is 14.6. The lowest BCUT2D eigenvalue weighted by Gasteiger charge is -2.29. The molecule has 3 aromatic carbocycles. The van der Waals surface area contributed by atoms with Gasteiger partial charge in [-0.1, -0.05) is 60.2 Å². The molecular formula is C24H19BrN2O3. The summed E-state index contributed by atoms with van der Waals surface area (Å²) in [6.07, 6.45) is -0.865. The van der Waals surface area contributed by atoms with Crippen molar-refractivity contribution in [2.24, 2.45) is 5.92 Å². The summed E-state index contributed by atoms with van der Waals surface area (Å²) >= 11 is 3.46. The van der Waals surface area contributed by atoms with Crippen molar-refractivity contribution < 1.29 is 14.4 Å². The van der Waals surface area contributed by atoms with Crippen LogP contribution in [0, 0.1) is 12.8 Å². The number of hydroxylamine groups is 1. The lowest BCUT2D eigenvalue weighted by atomic mass is 9.90. The van der Waals surface area contributed by atoms with Crippen molar-refractivity contribution in [1.82, 2.24) is 0 Å². The van der Waals surface area contributed by atoms with Gasteiger partial charge in [0.2, 0.25) is 5.91 Å². The summed E-state index contributed by atoms with van der Waals surface area (Å²) in [5.41, 5.74) is 3.42. The number of halogens is 1. The summed E-state index contributed by atoms with van der Waals surface area (Å²) in [6, 6.07) is 24.4. The van der Waals surface area contributed by atoms with Gasteiger partial charge in [0.05, 0.1) is 17.4 Å². The minimum atomic E-state index is -0.865. The number of anilines is 2. The minimum Gasteiger partial charge on any atom is -0.273 e. The molecule has 2 amide bonds. The fourth-order valence-electron chi connectivity index (χ4n) is 4.19. The number of carbonyl (C=O) groups is 2. The molecule has 0 radical (unpaired) electrons. The van der Waals surface area contributed by atoms with Gasteiger partial charge in [-0.3, -0.25) is 14.4 Å². The summed E-state index contributed by atoms with van der Waals surface area (Å²) in [5, 5.41) is 1.72. The summed E-state index contributed by atoms with van der Waals surface area (Å²) in [7, 11) is 0. The molecule has 2 heterocycles. The summed E-state index contributed by atoms with van der Waals surface area (Å²) in [6.45, 7) is 2.02. The maximum Gasteiger partial charge on any atom is 0.266 e. The molecule has 3 aromatic rings. The second-order valence-electron chi connectivity index (χ2n) is 7.53. The molecule has 0 aliphatic carbocycles. The van der Waals surface area contributed by atoms with Gasteiger partial charge >= 0.3 is 0 Å². The minimum absolute atomic E-state index is 0.249. The van der Waals surface area contributed by atoms with E-state index in [-0.39, 0.29) is 11.8 Å². The molecule has 2 fully saturated rings. The molecular weight excluding hydrogens is 444 g/mol. The van der Waals surface area contributed by atoms with Crippen molar-refractivity contribution in [3.8, 4) is 0 Å². The standard InChI is InChI=1S/C24H19BrN2O3/c1-15-11-13-16(14-12-15)21-20-22(30-27(21)17-7-3-2-4-8-17)24(29)26(23(20)28)19-10-6-5-9-18(19)25/h2-14,20-22H,1H3/t20-,21-,22-/m0/s1. The Labute approximate surface area is 183 Å². The molecule has 5 rings (SSSR count). The topological polar surface area (TPSA) is 49.9 Å². The van der Waals surface area contributed by atoms with Crippen LogP contribution in [0.1, 0.15) is 17.2 Å². The average molecular weight is 463 g/mol. The van der Waals surface area contributed by atoms with Crippen LogP contribution < -0.4 is 9.96 Å². The molecule has 2 aliphatic rings. The smallest absolute Gasteiger partial charge is 0.266 e. The van der Waals surface area contributed by atoms with Crippen LogP contribution in [0.2, 0.25) is 0 Å². The van der Waals surface area contributed by atoms with Gasteiger partial charge in [0.25, 0.3) is 5.91 Å². The van der Waals surface area contributed by atoms with Gasteiger partial charge in [0.1, 0.15) is 5.92 Å². The molecule has 30 heavy (non-hydrogen) atoms. The number of benzene rings is 3. The van der Waals surface area contributed by atoms with E-state index in [1.54, 1.807) is 11.1 Å². The first kappa shape index (κ1) is 19.0. The predicted octanol–water partition coefficient (Wildman–Crippen LogP) is 4.81. The Bertz CT molecular complexity index is 1120. The van der Waals surface area contributed by atoms with E-state index in [4.69, 9.17) is 4.84 Å². The zero-order valence-corrected chi connectivity index (χ0v) is 17.8. The van der Waals surface area contributed by atoms with Crippen LogP contribution in [0.3, 0.4) is 0 Å². The molecule has 0 N–H and O–H groups in total. The number of rotatable bonds is 3. The number of nitrogens with zero attached hydrogens (tertiary/aromatic N) is 2. The number of fused-ring (bicyclic) bond motifs is 1. The lowest BCUT2D eigenvalue weighted by molar-refractivity contribution is -0.126. The maximum atomic E-state index is 13.6. The zero-order valence-electron chi connectivity index (χ0n) is 16.2. The molecule has 2 saturated heterocycles. The molecule has 5 nitrogen and oxygen atoms in total. The molecule has 6 heteroatoms. The van der Waals surface area contributed by atoms with Crippen LogP contribution >= 0.6 is 15.9 Å². The molecule has 0 unspecified atom stereocenters. The third-order valence-corrected chi connectivity index (χ3v) is 6.31. The summed E-state index contributed by atoms with van der Waals surface area (Å²) in [5.74, 6) is -1.22. The zero-order chi connectivity index (χ0) is 20.8. The Morgan fingerprint density at radius 2 is 1.50 bits per heavy atom. The monoisotopic (exact) mass is 462 g/mol. The van der Waals surface area contributed by atoms with Gasteiger partial charge < -0.3 is 0 Å². The van der Waals surface area contributed by atoms with Crippen LogP contribution in [0.15, 0.2) is 83.3 Å². The largest absolute Gasteiger partial charge is 0.273 e. The van der Waals surface area contributed by atoms with E-state index < -0.39 is 18.1 Å². The Balaban J connectivity index is 1.60. The Hall–Kier alpha value is -2.96. The molecule has 0 bridgehead atoms. The van der Waals surface area contributed by atoms with Crippen LogP contribution in [-0.4, -0.2) is 17.9 Å². The Kier molecular flexibility index (Phi) is 4.68. The van der Waals surface area contributed by atoms with Gasteiger partial charge in [0, 0.05) is 4.47 Å². The quantitative estimate of drug-likeness (QED) is 0.524. The number of imide groups is 1. The highest BCUT2D eigenvalue weighted by atomic mass is 79.9. The van der Waals surface area contributed by atoms with Crippen molar-refractivity contribution in [3.63, 3.8) is 0 Å². The van der Waals surface area contributed by atoms with Gasteiger partial charge in [-0.25, -0.2) is 9.96 Å². The lowest BCUT2D eigenvalue weighted by Crippen LogP contribution is -2.37. The van der Waals surface area contributed by atoms with E-state index in [2.05, 4.69) is 15.9 Å². The number of carbonyl (C=O) groups excluding carboxylic acids is 2. The Morgan fingerprint density at radius 1 is 0.833 bits per heavy atom. The summed E-state index contributed by atoms with van der Waals surface area (Å²) in [4.78, 5) is 34.2. The highest BCUT2D eigenvalue weighted by molar-refractivity contribution is 9.10. The third-order valence-electron chi connectivity index (χ3n) is 5.64. The van der Waals surface area contributed by atoms with Crippen molar-refractivity contribution in [2.45, 2.75) is 19.1 Å². The van der Waals surface area contributed by atoms with Crippen molar-refractivity contribution in [1.29, 1.82) is 0 Å². The van der Waals surface area contributed by atoms with Gasteiger partial charge in [-0.15, -0.1) is 0 Å². The van der Waals surface area contributed by atoms with Gasteiger partial charge in [-0.2, -0.15) is 0 Å². The SMILES string of the molecule is Cc1ccc([C@H]2[C@@H]3C(=O)N(c4ccccc4Br)C(=O)[C@H]3ON2c2ccccc2)cc1. The predicted molar refractivity (Wildman–Crippen MR) is 118 cm³/mol. The van der Waals surface area contributed by atoms with Crippen molar-refractivity contribution in [3.05, 3.63) is 94.5 Å². The molecule has 0 saturated carbocycles. The fourth-order valence-corrected chi connectivity index (χ4v) is 4.65. The van der Waals surface area contributed by atoms with Crippen LogP contribution in [0.25, 0.3) is 0 Å². The molecule has 150 valence electrons. The maximum absolute atomic E-state index is 13.6. The van der Waals surface area contributed by atoms with Crippen molar-refractivity contribution >= 4 is 39.1 Å². The molecule has 2 aliphatic heterocycles. The number of para-hydroxylation sites is 2. The van der Waals surface area contributed by atoms with Gasteiger partial charge in [-0.05, 0) is 52.7 Å². The van der Waals surface area contributed by atoms with E-state index >= 15 is 0 Å². The van der Waals surface area contributed by atoms with E-state index in [9.17, 15) is 9.59 Å². The summed E-state index contributed by atoms with van der Waals surface area (Å²) < 4.78 is 0.693. The third kappa shape index (κ3) is 2.95. The van der Waals surface area contributed by atoms with Gasteiger partial charge in [0.15, 0.2) is 6.10 Å². The highest BCUT2D eigenvalue weighted by Crippen LogP contribution is 2.48. The second kappa shape index (κ2) is 7.38. The van der Waals surface area contributed by atoms with Crippen LogP contribution in [-0.2, 0) is 14.4 Å². The van der Waals surface area contributed by atoms with E-state index in [0.717, 1.165) is 16.8 Å². The fraction of sp³-hybridized carbons (Fsp3) is 0.167. The number of hydrogen-bond acceptors (Lipinski definition) is 4.